The first-order valence-electron chi connectivity index (χ1n) is 9.72. The molecule has 0 radical (unpaired) electrons. The fourth-order valence-corrected chi connectivity index (χ4v) is 4.48. The van der Waals surface area contributed by atoms with Crippen molar-refractivity contribution in [1.82, 2.24) is 14.7 Å². The third-order valence-electron chi connectivity index (χ3n) is 5.35. The summed E-state index contributed by atoms with van der Waals surface area (Å²) in [5, 5.41) is 5.21. The van der Waals surface area contributed by atoms with E-state index in [1.807, 2.05) is 32.2 Å². The first kappa shape index (κ1) is 22.5. The molecule has 3 aromatic rings. The minimum absolute atomic E-state index is 0.0121. The number of halogens is 5. The van der Waals surface area contributed by atoms with Crippen LogP contribution in [0.25, 0.3) is 11.3 Å². The normalized spacial score (nSPS) is 16.1. The van der Waals surface area contributed by atoms with Gasteiger partial charge in [-0.1, -0.05) is 35.3 Å². The van der Waals surface area contributed by atoms with E-state index in [4.69, 9.17) is 23.2 Å². The molecule has 0 unspecified atom stereocenters. The summed E-state index contributed by atoms with van der Waals surface area (Å²) in [6.07, 6.45) is -4.35. The van der Waals surface area contributed by atoms with Crippen molar-refractivity contribution in [3.05, 3.63) is 69.3 Å². The van der Waals surface area contributed by atoms with E-state index in [-0.39, 0.29) is 10.6 Å². The van der Waals surface area contributed by atoms with Gasteiger partial charge in [0.1, 0.15) is 5.75 Å². The van der Waals surface area contributed by atoms with E-state index in [9.17, 15) is 18.0 Å². The van der Waals surface area contributed by atoms with Gasteiger partial charge in [0.15, 0.2) is 0 Å². The summed E-state index contributed by atoms with van der Waals surface area (Å²) in [4.78, 5) is 14.7. The van der Waals surface area contributed by atoms with Crippen LogP contribution in [0.15, 0.2) is 42.5 Å². The maximum Gasteiger partial charge on any atom is 0.573 e. The number of hydrogen-bond acceptors (Lipinski definition) is 3. The first-order chi connectivity index (χ1) is 15.0. The van der Waals surface area contributed by atoms with E-state index in [0.717, 1.165) is 34.6 Å². The molecule has 10 heteroatoms. The minimum Gasteiger partial charge on any atom is -0.406 e. The molecule has 1 aliphatic rings. The zero-order valence-corrected chi connectivity index (χ0v) is 18.6. The van der Waals surface area contributed by atoms with Crippen LogP contribution >= 0.6 is 23.2 Å². The summed E-state index contributed by atoms with van der Waals surface area (Å²) < 4.78 is 43.5. The van der Waals surface area contributed by atoms with Crippen molar-refractivity contribution in [1.29, 1.82) is 0 Å². The predicted octanol–water partition coefficient (Wildman–Crippen LogP) is 6.05. The van der Waals surface area contributed by atoms with Crippen molar-refractivity contribution in [2.24, 2.45) is 7.05 Å². The number of fused-ring (bicyclic) bond motifs is 1. The Labute approximate surface area is 192 Å². The molecular formula is C22H18Cl2F3N3O2. The summed E-state index contributed by atoms with van der Waals surface area (Å²) in [6, 6.07) is 10.4. The lowest BCUT2D eigenvalue weighted by Gasteiger charge is -2.33. The van der Waals surface area contributed by atoms with Crippen LogP contribution in [-0.2, 0) is 13.5 Å². The van der Waals surface area contributed by atoms with Gasteiger partial charge in [-0.2, -0.15) is 5.10 Å². The zero-order chi connectivity index (χ0) is 23.2. The standard InChI is InChI=1S/C22H18Cl2F3N3O2/c1-12-19-18(20(29(2)28-19)13-4-3-5-15(23)8-13)6-7-30(12)21(31)14-9-16(24)11-17(10-14)32-22(25,26)27/h3-5,8-12H,6-7H2,1-2H3/t12-/m0/s1. The molecule has 0 N–H and O–H groups in total. The third kappa shape index (κ3) is 4.42. The Kier molecular flexibility index (Phi) is 5.85. The molecule has 4 rings (SSSR count). The van der Waals surface area contributed by atoms with Crippen LogP contribution in [0.2, 0.25) is 10.0 Å². The molecule has 2 heterocycles. The van der Waals surface area contributed by atoms with E-state index in [1.54, 1.807) is 15.6 Å². The van der Waals surface area contributed by atoms with Gasteiger partial charge in [0.2, 0.25) is 0 Å². The number of aromatic nitrogens is 2. The van der Waals surface area contributed by atoms with Gasteiger partial charge in [0.05, 0.1) is 17.4 Å². The molecule has 1 atom stereocenters. The zero-order valence-electron chi connectivity index (χ0n) is 17.1. The number of alkyl halides is 3. The number of carbonyl (C=O) groups is 1. The topological polar surface area (TPSA) is 47.4 Å². The highest BCUT2D eigenvalue weighted by molar-refractivity contribution is 6.31. The number of carbonyl (C=O) groups excluding carboxylic acids is 1. The summed E-state index contributed by atoms with van der Waals surface area (Å²) in [7, 11) is 1.82. The predicted molar refractivity (Wildman–Crippen MR) is 115 cm³/mol. The van der Waals surface area contributed by atoms with Gasteiger partial charge in [-0.15, -0.1) is 13.2 Å². The third-order valence-corrected chi connectivity index (χ3v) is 5.81. The Morgan fingerprint density at radius 3 is 2.59 bits per heavy atom. The largest absolute Gasteiger partial charge is 0.573 e. The first-order valence-corrected chi connectivity index (χ1v) is 10.5. The highest BCUT2D eigenvalue weighted by Crippen LogP contribution is 2.37. The second-order valence-corrected chi connectivity index (χ2v) is 8.37. The quantitative estimate of drug-likeness (QED) is 0.455. The molecule has 1 aliphatic heterocycles. The number of aryl methyl sites for hydroxylation is 1. The lowest BCUT2D eigenvalue weighted by atomic mass is 9.95. The maximum absolute atomic E-state index is 13.2. The van der Waals surface area contributed by atoms with Crippen molar-refractivity contribution < 1.29 is 22.7 Å². The number of benzene rings is 2. The second kappa shape index (κ2) is 8.33. The molecule has 0 aliphatic carbocycles. The van der Waals surface area contributed by atoms with E-state index in [2.05, 4.69) is 9.84 Å². The SMILES string of the molecule is C[C@H]1c2nn(C)c(-c3cccc(Cl)c3)c2CCN1C(=O)c1cc(Cl)cc(OC(F)(F)F)c1. The molecule has 0 fully saturated rings. The molecule has 32 heavy (non-hydrogen) atoms. The van der Waals surface area contributed by atoms with Gasteiger partial charge in [0, 0.05) is 40.3 Å². The van der Waals surface area contributed by atoms with E-state index in [1.165, 1.54) is 6.07 Å². The Bertz CT molecular complexity index is 1190. The van der Waals surface area contributed by atoms with Gasteiger partial charge < -0.3 is 9.64 Å². The van der Waals surface area contributed by atoms with Crippen LogP contribution in [0, 0.1) is 0 Å². The van der Waals surface area contributed by atoms with E-state index >= 15 is 0 Å². The summed E-state index contributed by atoms with van der Waals surface area (Å²) in [5.74, 6) is -0.993. The Morgan fingerprint density at radius 1 is 1.16 bits per heavy atom. The molecular weight excluding hydrogens is 466 g/mol. The molecule has 0 saturated heterocycles. The molecule has 0 spiro atoms. The summed E-state index contributed by atoms with van der Waals surface area (Å²) in [6.45, 7) is 2.20. The highest BCUT2D eigenvalue weighted by atomic mass is 35.5. The molecule has 0 bridgehead atoms. The van der Waals surface area contributed by atoms with Gasteiger partial charge in [-0.25, -0.2) is 0 Å². The van der Waals surface area contributed by atoms with Crippen molar-refractivity contribution in [3.63, 3.8) is 0 Å². The van der Waals surface area contributed by atoms with Gasteiger partial charge in [-0.05, 0) is 43.7 Å². The monoisotopic (exact) mass is 483 g/mol. The smallest absolute Gasteiger partial charge is 0.406 e. The maximum atomic E-state index is 13.2. The van der Waals surface area contributed by atoms with Crippen LogP contribution in [0.4, 0.5) is 13.2 Å². The number of amides is 1. The van der Waals surface area contributed by atoms with E-state index < -0.39 is 24.1 Å². The summed E-state index contributed by atoms with van der Waals surface area (Å²) in [5.41, 5.74) is 3.60. The summed E-state index contributed by atoms with van der Waals surface area (Å²) >= 11 is 12.1. The van der Waals surface area contributed by atoms with E-state index in [0.29, 0.717) is 18.0 Å². The van der Waals surface area contributed by atoms with Crippen molar-refractivity contribution >= 4 is 29.1 Å². The van der Waals surface area contributed by atoms with Gasteiger partial charge in [0.25, 0.3) is 5.91 Å². The minimum atomic E-state index is -4.89. The van der Waals surface area contributed by atoms with Crippen molar-refractivity contribution in [2.75, 3.05) is 6.54 Å². The number of hydrogen-bond donors (Lipinski definition) is 0. The van der Waals surface area contributed by atoms with Crippen molar-refractivity contribution in [3.8, 4) is 17.0 Å². The molecule has 1 amide bonds. The fourth-order valence-electron chi connectivity index (χ4n) is 4.06. The lowest BCUT2D eigenvalue weighted by Crippen LogP contribution is -2.39. The van der Waals surface area contributed by atoms with Crippen LogP contribution in [0.1, 0.15) is 34.6 Å². The molecule has 1 aromatic heterocycles. The Balaban J connectivity index is 1.66. The molecule has 0 saturated carbocycles. The molecule has 5 nitrogen and oxygen atoms in total. The highest BCUT2D eigenvalue weighted by Gasteiger charge is 2.35. The number of rotatable bonds is 3. The average molecular weight is 484 g/mol. The Hall–Kier alpha value is -2.71. The number of nitrogens with zero attached hydrogens (tertiary/aromatic N) is 3. The van der Waals surface area contributed by atoms with Crippen LogP contribution in [-0.4, -0.2) is 33.5 Å². The molecule has 2 aromatic carbocycles. The Morgan fingerprint density at radius 2 is 1.91 bits per heavy atom. The number of ether oxygens (including phenoxy) is 1. The van der Waals surface area contributed by atoms with Gasteiger partial charge in [-0.3, -0.25) is 9.48 Å². The van der Waals surface area contributed by atoms with Crippen LogP contribution in [0.3, 0.4) is 0 Å². The fraction of sp³-hybridized carbons (Fsp3) is 0.273. The van der Waals surface area contributed by atoms with Crippen LogP contribution in [0.5, 0.6) is 5.75 Å². The molecule has 168 valence electrons. The second-order valence-electron chi connectivity index (χ2n) is 7.49. The van der Waals surface area contributed by atoms with Crippen molar-refractivity contribution in [2.45, 2.75) is 25.7 Å². The lowest BCUT2D eigenvalue weighted by molar-refractivity contribution is -0.274. The van der Waals surface area contributed by atoms with Crippen LogP contribution < -0.4 is 4.74 Å². The average Bonchev–Trinajstić information content (AvgIpc) is 3.03. The van der Waals surface area contributed by atoms with Gasteiger partial charge >= 0.3 is 6.36 Å².